The lowest BCUT2D eigenvalue weighted by Gasteiger charge is -2.30. The number of carbonyl (C=O) groups is 1. The molecule has 8 rings (SSSR count). The van der Waals surface area contributed by atoms with E-state index in [1.165, 1.54) is 23.3 Å². The molecule has 6 aromatic rings. The Hall–Kier alpha value is -5.53. The maximum atomic E-state index is 14.8. The molecule has 14 heteroatoms. The monoisotopic (exact) mass is 636 g/mol. The van der Waals surface area contributed by atoms with Gasteiger partial charge < -0.3 is 19.1 Å². The van der Waals surface area contributed by atoms with Crippen molar-refractivity contribution in [3.8, 4) is 23.0 Å². The van der Waals surface area contributed by atoms with Crippen molar-refractivity contribution < 1.29 is 18.3 Å². The fraction of sp³-hybridized carbons (Fsp3) is 0.303. The minimum Gasteiger partial charge on any atom is -0.458 e. The van der Waals surface area contributed by atoms with Gasteiger partial charge >= 0.3 is 6.01 Å². The summed E-state index contributed by atoms with van der Waals surface area (Å²) in [7, 11) is 1.81. The number of carbonyl (C=O) groups excluding carboxylic acids is 1. The van der Waals surface area contributed by atoms with E-state index in [-0.39, 0.29) is 23.5 Å². The number of amides is 1. The van der Waals surface area contributed by atoms with Crippen LogP contribution in [0.2, 0.25) is 0 Å². The zero-order valence-electron chi connectivity index (χ0n) is 25.9. The second kappa shape index (κ2) is 11.1. The normalized spacial score (nSPS) is 20.0. The lowest BCUT2D eigenvalue weighted by Crippen LogP contribution is -2.46. The molecule has 2 aliphatic heterocycles. The number of likely N-dealkylation sites (N-methyl/N-ethyl adjacent to an activating group) is 1. The Balaban J connectivity index is 1.21. The number of aryl methyl sites for hydroxylation is 1. The predicted molar refractivity (Wildman–Crippen MR) is 169 cm³/mol. The molecule has 0 saturated carbocycles. The average molecular weight is 637 g/mol. The number of nitrogens with zero attached hydrogens (tertiary/aromatic N) is 10. The van der Waals surface area contributed by atoms with Crippen LogP contribution in [0.4, 0.5) is 14.6 Å². The average Bonchev–Trinajstić information content (AvgIpc) is 3.76. The van der Waals surface area contributed by atoms with Gasteiger partial charge in [0.15, 0.2) is 11.5 Å². The van der Waals surface area contributed by atoms with Crippen LogP contribution in [0, 0.1) is 24.5 Å². The quantitative estimate of drug-likeness (QED) is 0.273. The van der Waals surface area contributed by atoms with Crippen molar-refractivity contribution in [1.82, 2.24) is 44.2 Å². The van der Waals surface area contributed by atoms with E-state index < -0.39 is 23.8 Å². The molecule has 3 atom stereocenters. The van der Waals surface area contributed by atoms with Crippen LogP contribution in [-0.4, -0.2) is 82.4 Å². The van der Waals surface area contributed by atoms with Gasteiger partial charge in [0, 0.05) is 44.4 Å². The van der Waals surface area contributed by atoms with E-state index in [4.69, 9.17) is 14.7 Å². The molecule has 1 fully saturated rings. The Morgan fingerprint density at radius 2 is 1.87 bits per heavy atom. The Morgan fingerprint density at radius 1 is 1.00 bits per heavy atom. The SMILES string of the molecule is Cc1nc2cccc3c2n1CC(C)CN(C)C(=O)[C@@H]1C[C@@H](CN1c1ncnc2c1cnn2-c1ccc(F)cc1F)Oc1nccc-3n1. The number of aromatic nitrogens is 8. The molecule has 1 saturated heterocycles. The number of halogens is 2. The van der Waals surface area contributed by atoms with E-state index in [0.717, 1.165) is 34.6 Å². The molecule has 0 radical (unpaired) electrons. The smallest absolute Gasteiger partial charge is 0.317 e. The number of hydrogen-bond donors (Lipinski definition) is 0. The van der Waals surface area contributed by atoms with Crippen molar-refractivity contribution in [1.29, 1.82) is 0 Å². The summed E-state index contributed by atoms with van der Waals surface area (Å²) in [6, 6.07) is 10.7. The number of hydrogen-bond acceptors (Lipinski definition) is 9. The van der Waals surface area contributed by atoms with Crippen molar-refractivity contribution in [3.05, 3.63) is 78.6 Å². The molecule has 2 aromatic carbocycles. The van der Waals surface area contributed by atoms with Gasteiger partial charge in [0.2, 0.25) is 5.91 Å². The largest absolute Gasteiger partial charge is 0.458 e. The van der Waals surface area contributed by atoms with Crippen LogP contribution in [0.5, 0.6) is 6.01 Å². The van der Waals surface area contributed by atoms with E-state index in [2.05, 4.69) is 31.5 Å². The molecule has 0 N–H and O–H groups in total. The van der Waals surface area contributed by atoms with Crippen molar-refractivity contribution in [3.63, 3.8) is 0 Å². The van der Waals surface area contributed by atoms with Gasteiger partial charge in [-0.05, 0) is 37.1 Å². The highest BCUT2D eigenvalue weighted by Crippen LogP contribution is 2.34. The van der Waals surface area contributed by atoms with Crippen molar-refractivity contribution >= 4 is 33.8 Å². The van der Waals surface area contributed by atoms with Gasteiger partial charge in [0.05, 0.1) is 34.9 Å². The van der Waals surface area contributed by atoms with E-state index in [1.54, 1.807) is 11.1 Å². The molecule has 12 nitrogen and oxygen atoms in total. The van der Waals surface area contributed by atoms with Gasteiger partial charge in [-0.2, -0.15) is 10.1 Å². The van der Waals surface area contributed by atoms with Crippen LogP contribution in [0.25, 0.3) is 39.0 Å². The third-order valence-corrected chi connectivity index (χ3v) is 8.90. The third-order valence-electron chi connectivity index (χ3n) is 8.90. The molecular weight excluding hydrogens is 606 g/mol. The van der Waals surface area contributed by atoms with Crippen LogP contribution < -0.4 is 9.64 Å². The maximum absolute atomic E-state index is 14.8. The number of rotatable bonds is 2. The molecule has 238 valence electrons. The summed E-state index contributed by atoms with van der Waals surface area (Å²) in [6.07, 6.45) is 4.46. The van der Waals surface area contributed by atoms with Crippen molar-refractivity contribution in [2.45, 2.75) is 39.0 Å². The molecular formula is C33H30F2N10O2. The number of benzene rings is 2. The molecule has 4 aromatic heterocycles. The summed E-state index contributed by atoms with van der Waals surface area (Å²) in [5.41, 5.74) is 3.84. The summed E-state index contributed by atoms with van der Waals surface area (Å²) in [4.78, 5) is 40.8. The molecule has 4 bridgehead atoms. The summed E-state index contributed by atoms with van der Waals surface area (Å²) in [5, 5.41) is 4.87. The fourth-order valence-electron chi connectivity index (χ4n) is 6.85. The van der Waals surface area contributed by atoms with E-state index >= 15 is 0 Å². The Kier molecular flexibility index (Phi) is 6.81. The van der Waals surface area contributed by atoms with Crippen LogP contribution in [0.15, 0.2) is 61.2 Å². The topological polar surface area (TPSA) is 120 Å². The second-order valence-corrected chi connectivity index (χ2v) is 12.2. The zero-order valence-corrected chi connectivity index (χ0v) is 25.9. The Labute approximate surface area is 267 Å². The number of para-hydroxylation sites is 1. The first-order valence-corrected chi connectivity index (χ1v) is 15.4. The number of anilines is 1. The maximum Gasteiger partial charge on any atom is 0.317 e. The Morgan fingerprint density at radius 3 is 2.72 bits per heavy atom. The van der Waals surface area contributed by atoms with Crippen LogP contribution >= 0.6 is 0 Å². The van der Waals surface area contributed by atoms with Gasteiger partial charge in [-0.25, -0.2) is 33.4 Å². The molecule has 6 heterocycles. The van der Waals surface area contributed by atoms with Gasteiger partial charge in [-0.1, -0.05) is 19.1 Å². The van der Waals surface area contributed by atoms with Gasteiger partial charge in [-0.15, -0.1) is 0 Å². The van der Waals surface area contributed by atoms with Crippen molar-refractivity contribution in [2.24, 2.45) is 5.92 Å². The van der Waals surface area contributed by atoms with E-state index in [9.17, 15) is 13.6 Å². The molecule has 47 heavy (non-hydrogen) atoms. The first-order valence-electron chi connectivity index (χ1n) is 15.4. The standard InChI is InChI=1S/C33H30F2N10O2/c1-18-14-42(3)32(46)28-12-21(47-33-36-10-9-25(41-33)22-5-4-6-26-29(22)43(15-18)19(2)40-26)16-44(28)30-23-13-39-45(31(23)38-17-37-30)27-8-7-20(34)11-24(27)35/h4-11,13,17-18,21,28H,12,14-16H2,1-3H3/t18?,21-,28-/m0/s1. The molecule has 0 aliphatic carbocycles. The van der Waals surface area contributed by atoms with Gasteiger partial charge in [-0.3, -0.25) is 4.79 Å². The molecule has 1 amide bonds. The first-order chi connectivity index (χ1) is 22.7. The number of fused-ring (bicyclic) bond motifs is 6. The van der Waals surface area contributed by atoms with E-state index in [1.807, 2.05) is 43.1 Å². The Bertz CT molecular complexity index is 2180. The predicted octanol–water partition coefficient (Wildman–Crippen LogP) is 4.34. The summed E-state index contributed by atoms with van der Waals surface area (Å²) in [5.74, 6) is -0.143. The summed E-state index contributed by atoms with van der Waals surface area (Å²) in [6.45, 7) is 5.56. The third kappa shape index (κ3) is 4.91. The highest BCUT2D eigenvalue weighted by Gasteiger charge is 2.42. The van der Waals surface area contributed by atoms with Crippen molar-refractivity contribution in [2.75, 3.05) is 25.0 Å². The molecule has 0 spiro atoms. The number of imidazole rings is 1. The second-order valence-electron chi connectivity index (χ2n) is 12.2. The van der Waals surface area contributed by atoms with Gasteiger partial charge in [0.1, 0.15) is 41.6 Å². The minimum atomic E-state index is -0.779. The first kappa shape index (κ1) is 28.9. The highest BCUT2D eigenvalue weighted by molar-refractivity contribution is 5.93. The lowest BCUT2D eigenvalue weighted by molar-refractivity contribution is -0.131. The lowest BCUT2D eigenvalue weighted by atomic mass is 10.1. The highest BCUT2D eigenvalue weighted by atomic mass is 19.1. The zero-order chi connectivity index (χ0) is 32.4. The fourth-order valence-corrected chi connectivity index (χ4v) is 6.85. The summed E-state index contributed by atoms with van der Waals surface area (Å²) < 4.78 is 38.3. The summed E-state index contributed by atoms with van der Waals surface area (Å²) >= 11 is 0. The van der Waals surface area contributed by atoms with E-state index in [0.29, 0.717) is 48.6 Å². The number of ether oxygens (including phenoxy) is 1. The molecule has 1 unspecified atom stereocenters. The molecule has 2 aliphatic rings. The van der Waals surface area contributed by atoms with Gasteiger partial charge in [0.25, 0.3) is 0 Å². The van der Waals surface area contributed by atoms with Crippen LogP contribution in [-0.2, 0) is 11.3 Å². The van der Waals surface area contributed by atoms with Crippen LogP contribution in [0.1, 0.15) is 19.2 Å². The minimum absolute atomic E-state index is 0.0421. The van der Waals surface area contributed by atoms with Crippen LogP contribution in [0.3, 0.4) is 0 Å².